The maximum atomic E-state index is 13.7. The molecule has 1 fully saturated rings. The number of hydrogen-bond acceptors (Lipinski definition) is 3. The van der Waals surface area contributed by atoms with E-state index in [-0.39, 0.29) is 24.1 Å². The number of carbonyl (C=O) groups is 1. The minimum absolute atomic E-state index is 0.0478. The summed E-state index contributed by atoms with van der Waals surface area (Å²) >= 11 is 0. The van der Waals surface area contributed by atoms with Gasteiger partial charge in [0.05, 0.1) is 12.6 Å². The molecule has 1 saturated heterocycles. The van der Waals surface area contributed by atoms with E-state index in [2.05, 4.69) is 5.32 Å². The third kappa shape index (κ3) is 4.48. The molecule has 1 amide bonds. The Bertz CT molecular complexity index is 528. The molecule has 1 aliphatic rings. The van der Waals surface area contributed by atoms with E-state index in [1.54, 1.807) is 0 Å². The van der Waals surface area contributed by atoms with Gasteiger partial charge in [-0.05, 0) is 32.3 Å². The van der Waals surface area contributed by atoms with E-state index in [0.29, 0.717) is 18.9 Å². The molecule has 2 N–H and O–H groups in total. The molecule has 22 heavy (non-hydrogen) atoms. The van der Waals surface area contributed by atoms with Crippen LogP contribution in [0.3, 0.4) is 0 Å². The zero-order valence-electron chi connectivity index (χ0n) is 12.6. The monoisotopic (exact) mass is 313 g/mol. The fraction of sp³-hybridized carbons (Fsp3) is 0.562. The smallest absolute Gasteiger partial charge is 0.220 e. The Morgan fingerprint density at radius 1 is 1.50 bits per heavy atom. The highest BCUT2D eigenvalue weighted by molar-refractivity contribution is 5.76. The maximum absolute atomic E-state index is 13.7. The highest BCUT2D eigenvalue weighted by Gasteiger charge is 2.27. The highest BCUT2D eigenvalue weighted by Crippen LogP contribution is 2.23. The van der Waals surface area contributed by atoms with E-state index < -0.39 is 17.2 Å². The fourth-order valence-electron chi connectivity index (χ4n) is 2.54. The van der Waals surface area contributed by atoms with Gasteiger partial charge in [0.25, 0.3) is 0 Å². The van der Waals surface area contributed by atoms with Crippen LogP contribution in [-0.2, 0) is 15.1 Å². The standard InChI is InChI=1S/C16H21F2NO3/c1-16(21,13-6-4-11(17)9-14(13)18)10-19-15(20)7-5-12-3-2-8-22-12/h4,6,9,12,21H,2-3,5,7-8,10H2,1H3,(H,19,20)/t12-,16-/m0/s1. The molecule has 2 rings (SSSR count). The van der Waals surface area contributed by atoms with E-state index in [4.69, 9.17) is 4.74 Å². The Kier molecular flexibility index (Phi) is 5.47. The minimum atomic E-state index is -1.60. The Morgan fingerprint density at radius 2 is 2.27 bits per heavy atom. The zero-order chi connectivity index (χ0) is 16.2. The van der Waals surface area contributed by atoms with Crippen molar-refractivity contribution in [3.63, 3.8) is 0 Å². The van der Waals surface area contributed by atoms with Crippen molar-refractivity contribution in [3.8, 4) is 0 Å². The molecule has 0 bridgehead atoms. The average Bonchev–Trinajstić information content (AvgIpc) is 2.96. The van der Waals surface area contributed by atoms with Gasteiger partial charge in [0, 0.05) is 24.7 Å². The first-order valence-corrected chi connectivity index (χ1v) is 7.45. The van der Waals surface area contributed by atoms with Crippen molar-refractivity contribution in [2.24, 2.45) is 0 Å². The number of nitrogens with one attached hydrogen (secondary N) is 1. The summed E-state index contributed by atoms with van der Waals surface area (Å²) < 4.78 is 32.0. The SMILES string of the molecule is C[C@](O)(CNC(=O)CC[C@@H]1CCCO1)c1ccc(F)cc1F. The first kappa shape index (κ1) is 16.8. The Labute approximate surface area is 128 Å². The second kappa shape index (κ2) is 7.15. The molecule has 0 saturated carbocycles. The van der Waals surface area contributed by atoms with Gasteiger partial charge < -0.3 is 15.2 Å². The van der Waals surface area contributed by atoms with Gasteiger partial charge in [0.1, 0.15) is 17.2 Å². The molecule has 1 heterocycles. The topological polar surface area (TPSA) is 58.6 Å². The lowest BCUT2D eigenvalue weighted by Gasteiger charge is -2.25. The summed E-state index contributed by atoms with van der Waals surface area (Å²) in [5.41, 5.74) is -1.65. The molecule has 0 spiro atoms. The van der Waals surface area contributed by atoms with Gasteiger partial charge in [0.2, 0.25) is 5.91 Å². The van der Waals surface area contributed by atoms with Crippen LogP contribution in [0.15, 0.2) is 18.2 Å². The lowest BCUT2D eigenvalue weighted by Crippen LogP contribution is -2.39. The molecule has 122 valence electrons. The van der Waals surface area contributed by atoms with Crippen LogP contribution >= 0.6 is 0 Å². The van der Waals surface area contributed by atoms with Crippen LogP contribution in [0.2, 0.25) is 0 Å². The number of amides is 1. The average molecular weight is 313 g/mol. The van der Waals surface area contributed by atoms with Gasteiger partial charge in [0.15, 0.2) is 0 Å². The van der Waals surface area contributed by atoms with E-state index in [1.165, 1.54) is 13.0 Å². The predicted molar refractivity (Wildman–Crippen MR) is 77.1 cm³/mol. The summed E-state index contributed by atoms with van der Waals surface area (Å²) in [6.45, 7) is 1.98. The van der Waals surface area contributed by atoms with Crippen molar-refractivity contribution < 1.29 is 23.4 Å². The number of benzene rings is 1. The van der Waals surface area contributed by atoms with Crippen LogP contribution in [0, 0.1) is 11.6 Å². The molecule has 1 aromatic carbocycles. The number of hydrogen-bond donors (Lipinski definition) is 2. The van der Waals surface area contributed by atoms with Crippen molar-refractivity contribution in [2.75, 3.05) is 13.2 Å². The van der Waals surface area contributed by atoms with Gasteiger partial charge in [-0.15, -0.1) is 0 Å². The first-order valence-electron chi connectivity index (χ1n) is 7.45. The third-order valence-corrected chi connectivity index (χ3v) is 3.86. The van der Waals surface area contributed by atoms with Crippen molar-refractivity contribution in [1.82, 2.24) is 5.32 Å². The number of aliphatic hydroxyl groups is 1. The molecule has 4 nitrogen and oxygen atoms in total. The first-order chi connectivity index (χ1) is 10.4. The van der Waals surface area contributed by atoms with Gasteiger partial charge in [-0.3, -0.25) is 4.79 Å². The zero-order valence-corrected chi connectivity index (χ0v) is 12.6. The molecule has 0 aromatic heterocycles. The molecule has 0 unspecified atom stereocenters. The lowest BCUT2D eigenvalue weighted by molar-refractivity contribution is -0.122. The van der Waals surface area contributed by atoms with Crippen LogP contribution < -0.4 is 5.32 Å². The molecule has 6 heteroatoms. The molecular formula is C16H21F2NO3. The van der Waals surface area contributed by atoms with Crippen LogP contribution in [0.5, 0.6) is 0 Å². The highest BCUT2D eigenvalue weighted by atomic mass is 19.1. The molecule has 1 aromatic rings. The molecule has 0 aliphatic carbocycles. The second-order valence-corrected chi connectivity index (χ2v) is 5.85. The normalized spacial score (nSPS) is 20.6. The minimum Gasteiger partial charge on any atom is -0.383 e. The largest absolute Gasteiger partial charge is 0.383 e. The van der Waals surface area contributed by atoms with Crippen molar-refractivity contribution in [2.45, 2.75) is 44.3 Å². The quantitative estimate of drug-likeness (QED) is 0.847. The van der Waals surface area contributed by atoms with Crippen LogP contribution in [0.25, 0.3) is 0 Å². The van der Waals surface area contributed by atoms with Crippen molar-refractivity contribution >= 4 is 5.91 Å². The summed E-state index contributed by atoms with van der Waals surface area (Å²) in [5, 5.41) is 12.9. The van der Waals surface area contributed by atoms with Crippen LogP contribution in [0.4, 0.5) is 8.78 Å². The summed E-state index contributed by atoms with van der Waals surface area (Å²) in [7, 11) is 0. The number of rotatable bonds is 6. The summed E-state index contributed by atoms with van der Waals surface area (Å²) in [6.07, 6.45) is 3.04. The van der Waals surface area contributed by atoms with E-state index >= 15 is 0 Å². The number of carbonyl (C=O) groups excluding carboxylic acids is 1. The van der Waals surface area contributed by atoms with Gasteiger partial charge >= 0.3 is 0 Å². The molecule has 2 atom stereocenters. The van der Waals surface area contributed by atoms with Crippen LogP contribution in [-0.4, -0.2) is 30.3 Å². The molecular weight excluding hydrogens is 292 g/mol. The van der Waals surface area contributed by atoms with E-state index in [0.717, 1.165) is 25.5 Å². The lowest BCUT2D eigenvalue weighted by atomic mass is 9.95. The summed E-state index contributed by atoms with van der Waals surface area (Å²) in [5.74, 6) is -1.77. The third-order valence-electron chi connectivity index (χ3n) is 3.86. The second-order valence-electron chi connectivity index (χ2n) is 5.85. The van der Waals surface area contributed by atoms with E-state index in [1.807, 2.05) is 0 Å². The Morgan fingerprint density at radius 3 is 2.91 bits per heavy atom. The maximum Gasteiger partial charge on any atom is 0.220 e. The van der Waals surface area contributed by atoms with Crippen LogP contribution in [0.1, 0.15) is 38.2 Å². The predicted octanol–water partition coefficient (Wildman–Crippen LogP) is 2.25. The number of halogens is 2. The molecule has 0 radical (unpaired) electrons. The van der Waals surface area contributed by atoms with E-state index in [9.17, 15) is 18.7 Å². The van der Waals surface area contributed by atoms with Gasteiger partial charge in [-0.1, -0.05) is 6.07 Å². The van der Waals surface area contributed by atoms with Gasteiger partial charge in [-0.25, -0.2) is 8.78 Å². The Hall–Kier alpha value is -1.53. The fourth-order valence-corrected chi connectivity index (χ4v) is 2.54. The molecule has 1 aliphatic heterocycles. The summed E-state index contributed by atoms with van der Waals surface area (Å²) in [4.78, 5) is 11.8. The van der Waals surface area contributed by atoms with Gasteiger partial charge in [-0.2, -0.15) is 0 Å². The van der Waals surface area contributed by atoms with Crippen molar-refractivity contribution in [1.29, 1.82) is 0 Å². The number of ether oxygens (including phenoxy) is 1. The Balaban J connectivity index is 1.84. The summed E-state index contributed by atoms with van der Waals surface area (Å²) in [6, 6.07) is 2.97. The van der Waals surface area contributed by atoms with Crippen molar-refractivity contribution in [3.05, 3.63) is 35.4 Å².